The number of nitrogens with two attached hydrogens (primary N) is 1. The predicted octanol–water partition coefficient (Wildman–Crippen LogP) is 3.56. The van der Waals surface area contributed by atoms with Gasteiger partial charge in [0.25, 0.3) is 0 Å². The quantitative estimate of drug-likeness (QED) is 0.770. The van der Waals surface area contributed by atoms with Crippen molar-refractivity contribution in [2.24, 2.45) is 5.14 Å². The van der Waals surface area contributed by atoms with Gasteiger partial charge in [0.2, 0.25) is 10.0 Å². The van der Waals surface area contributed by atoms with Crippen LogP contribution in [-0.4, -0.2) is 15.0 Å². The van der Waals surface area contributed by atoms with Gasteiger partial charge in [-0.05, 0) is 46.9 Å². The van der Waals surface area contributed by atoms with Gasteiger partial charge in [-0.15, -0.1) is 0 Å². The minimum atomic E-state index is -3.65. The summed E-state index contributed by atoms with van der Waals surface area (Å²) in [5.41, 5.74) is 5.77. The Morgan fingerprint density at radius 3 is 2.27 bits per heavy atom. The predicted molar refractivity (Wildman–Crippen MR) is 104 cm³/mol. The van der Waals surface area contributed by atoms with Gasteiger partial charge in [-0.3, -0.25) is 0 Å². The van der Waals surface area contributed by atoms with Crippen molar-refractivity contribution >= 4 is 15.7 Å². The van der Waals surface area contributed by atoms with Crippen LogP contribution in [0.4, 0.5) is 5.69 Å². The van der Waals surface area contributed by atoms with Crippen LogP contribution in [0.2, 0.25) is 0 Å². The molecule has 0 aliphatic carbocycles. The van der Waals surface area contributed by atoms with E-state index >= 15 is 0 Å². The van der Waals surface area contributed by atoms with Gasteiger partial charge in [0, 0.05) is 18.8 Å². The molecule has 5 heteroatoms. The lowest BCUT2D eigenvalue weighted by Gasteiger charge is -2.20. The fourth-order valence-electron chi connectivity index (χ4n) is 3.44. The molecule has 0 atom stereocenters. The SMILES string of the molecule is NS(=O)(=O)c1ccc2c(c1)CCN2Cc1ccc(-c2ccccc2)cc1. The second-order valence-electron chi connectivity index (χ2n) is 6.57. The summed E-state index contributed by atoms with van der Waals surface area (Å²) in [6, 6.07) is 24.1. The maximum Gasteiger partial charge on any atom is 0.238 e. The molecule has 3 aromatic rings. The zero-order valence-electron chi connectivity index (χ0n) is 14.3. The van der Waals surface area contributed by atoms with Gasteiger partial charge in [-0.2, -0.15) is 0 Å². The van der Waals surface area contributed by atoms with Crippen molar-refractivity contribution in [3.05, 3.63) is 83.9 Å². The highest BCUT2D eigenvalue weighted by molar-refractivity contribution is 7.89. The number of hydrogen-bond donors (Lipinski definition) is 1. The molecule has 0 fully saturated rings. The van der Waals surface area contributed by atoms with E-state index in [0.29, 0.717) is 0 Å². The average molecular weight is 364 g/mol. The second-order valence-corrected chi connectivity index (χ2v) is 8.13. The number of hydrogen-bond acceptors (Lipinski definition) is 3. The molecule has 3 aromatic carbocycles. The Morgan fingerprint density at radius 2 is 1.58 bits per heavy atom. The first-order valence-electron chi connectivity index (χ1n) is 8.56. The lowest BCUT2D eigenvalue weighted by molar-refractivity contribution is 0.597. The Bertz CT molecular complexity index is 1030. The zero-order chi connectivity index (χ0) is 18.1. The number of sulfonamides is 1. The van der Waals surface area contributed by atoms with Crippen LogP contribution in [0.15, 0.2) is 77.7 Å². The van der Waals surface area contributed by atoms with Crippen molar-refractivity contribution in [1.82, 2.24) is 0 Å². The van der Waals surface area contributed by atoms with E-state index in [9.17, 15) is 8.42 Å². The molecule has 1 heterocycles. The Labute approximate surface area is 153 Å². The van der Waals surface area contributed by atoms with Crippen LogP contribution < -0.4 is 10.0 Å². The molecule has 2 N–H and O–H groups in total. The molecule has 26 heavy (non-hydrogen) atoms. The Morgan fingerprint density at radius 1 is 0.885 bits per heavy atom. The monoisotopic (exact) mass is 364 g/mol. The first kappa shape index (κ1) is 16.8. The number of benzene rings is 3. The molecule has 4 rings (SSSR count). The van der Waals surface area contributed by atoms with Crippen LogP contribution in [0, 0.1) is 0 Å². The van der Waals surface area contributed by atoms with Crippen molar-refractivity contribution in [3.8, 4) is 11.1 Å². The van der Waals surface area contributed by atoms with Gasteiger partial charge in [0.15, 0.2) is 0 Å². The van der Waals surface area contributed by atoms with Crippen molar-refractivity contribution in [3.63, 3.8) is 0 Å². The molecule has 0 aromatic heterocycles. The first-order chi connectivity index (χ1) is 12.5. The van der Waals surface area contributed by atoms with Gasteiger partial charge in [-0.1, -0.05) is 54.6 Å². The Balaban J connectivity index is 1.53. The smallest absolute Gasteiger partial charge is 0.238 e. The van der Waals surface area contributed by atoms with Gasteiger partial charge in [0.1, 0.15) is 0 Å². The number of anilines is 1. The summed E-state index contributed by atoms with van der Waals surface area (Å²) >= 11 is 0. The molecular weight excluding hydrogens is 344 g/mol. The Hall–Kier alpha value is -2.63. The van der Waals surface area contributed by atoms with Gasteiger partial charge >= 0.3 is 0 Å². The van der Waals surface area contributed by atoms with Crippen molar-refractivity contribution in [2.75, 3.05) is 11.4 Å². The van der Waals surface area contributed by atoms with Crippen LogP contribution in [0.3, 0.4) is 0 Å². The molecule has 0 amide bonds. The molecule has 0 unspecified atom stereocenters. The van der Waals surface area contributed by atoms with Gasteiger partial charge in [-0.25, -0.2) is 13.6 Å². The molecule has 4 nitrogen and oxygen atoms in total. The summed E-state index contributed by atoms with van der Waals surface area (Å²) in [5, 5.41) is 5.23. The first-order valence-corrected chi connectivity index (χ1v) is 10.1. The van der Waals surface area contributed by atoms with E-state index < -0.39 is 10.0 Å². The highest BCUT2D eigenvalue weighted by Crippen LogP contribution is 2.31. The molecule has 132 valence electrons. The summed E-state index contributed by atoms with van der Waals surface area (Å²) in [5.74, 6) is 0. The van der Waals surface area contributed by atoms with E-state index in [0.717, 1.165) is 30.8 Å². The topological polar surface area (TPSA) is 63.4 Å². The summed E-state index contributed by atoms with van der Waals surface area (Å²) < 4.78 is 23.0. The summed E-state index contributed by atoms with van der Waals surface area (Å²) in [6.45, 7) is 1.68. The van der Waals surface area contributed by atoms with E-state index in [1.54, 1.807) is 12.1 Å². The summed E-state index contributed by atoms with van der Waals surface area (Å²) in [4.78, 5) is 2.46. The lowest BCUT2D eigenvalue weighted by atomic mass is 10.0. The third-order valence-corrected chi connectivity index (χ3v) is 5.72. The molecule has 0 bridgehead atoms. The molecule has 0 spiro atoms. The van der Waals surface area contributed by atoms with Crippen molar-refractivity contribution in [1.29, 1.82) is 0 Å². The third-order valence-electron chi connectivity index (χ3n) is 4.81. The minimum Gasteiger partial charge on any atom is -0.367 e. The van der Waals surface area contributed by atoms with Crippen molar-refractivity contribution < 1.29 is 8.42 Å². The largest absolute Gasteiger partial charge is 0.367 e. The Kier molecular flexibility index (Phi) is 4.26. The zero-order valence-corrected chi connectivity index (χ0v) is 15.1. The van der Waals surface area contributed by atoms with Crippen LogP contribution >= 0.6 is 0 Å². The fraction of sp³-hybridized carbons (Fsp3) is 0.143. The molecule has 0 saturated heterocycles. The molecule has 0 radical (unpaired) electrons. The van der Waals surface area contributed by atoms with Crippen LogP contribution in [0.5, 0.6) is 0 Å². The van der Waals surface area contributed by atoms with Crippen LogP contribution in [0.1, 0.15) is 11.1 Å². The normalized spacial score (nSPS) is 13.7. The summed E-state index contributed by atoms with van der Waals surface area (Å²) in [7, 11) is -3.65. The van der Waals surface area contributed by atoms with E-state index in [4.69, 9.17) is 5.14 Å². The number of rotatable bonds is 4. The molecule has 0 saturated carbocycles. The lowest BCUT2D eigenvalue weighted by Crippen LogP contribution is -2.19. The third kappa shape index (κ3) is 3.36. The number of primary sulfonamides is 1. The van der Waals surface area contributed by atoms with Crippen molar-refractivity contribution in [2.45, 2.75) is 17.9 Å². The fourth-order valence-corrected chi connectivity index (χ4v) is 4.01. The maximum absolute atomic E-state index is 11.5. The van der Waals surface area contributed by atoms with Crippen LogP contribution in [0.25, 0.3) is 11.1 Å². The van der Waals surface area contributed by atoms with Crippen LogP contribution in [-0.2, 0) is 23.0 Å². The number of nitrogens with zero attached hydrogens (tertiary/aromatic N) is 1. The van der Waals surface area contributed by atoms with E-state index in [1.807, 2.05) is 24.3 Å². The highest BCUT2D eigenvalue weighted by Gasteiger charge is 2.21. The number of fused-ring (bicyclic) bond motifs is 1. The van der Waals surface area contributed by atoms with E-state index in [1.165, 1.54) is 16.7 Å². The molecule has 1 aliphatic heterocycles. The molecule has 1 aliphatic rings. The second kappa shape index (κ2) is 6.59. The average Bonchev–Trinajstić information content (AvgIpc) is 3.05. The minimum absolute atomic E-state index is 0.185. The van der Waals surface area contributed by atoms with Gasteiger partial charge < -0.3 is 4.90 Å². The highest BCUT2D eigenvalue weighted by atomic mass is 32.2. The summed E-state index contributed by atoms with van der Waals surface area (Å²) in [6.07, 6.45) is 0.834. The van der Waals surface area contributed by atoms with E-state index in [-0.39, 0.29) is 4.90 Å². The standard InChI is InChI=1S/C21H20N2O2S/c22-26(24,25)20-10-11-21-19(14-20)12-13-23(21)15-16-6-8-18(9-7-16)17-4-2-1-3-5-17/h1-11,14H,12-13,15H2,(H2,22,24,25). The maximum atomic E-state index is 11.5. The van der Waals surface area contributed by atoms with Gasteiger partial charge in [0.05, 0.1) is 4.90 Å². The van der Waals surface area contributed by atoms with E-state index in [2.05, 4.69) is 41.3 Å². The molecular formula is C21H20N2O2S.